The lowest BCUT2D eigenvalue weighted by molar-refractivity contribution is -0.738. The van der Waals surface area contributed by atoms with E-state index >= 15 is 0 Å². The molecule has 0 unspecified atom stereocenters. The maximum atomic E-state index is 10.6. The van der Waals surface area contributed by atoms with Crippen LogP contribution in [0.3, 0.4) is 0 Å². The summed E-state index contributed by atoms with van der Waals surface area (Å²) in [6.45, 7) is 1.48. The summed E-state index contributed by atoms with van der Waals surface area (Å²) in [6, 6.07) is 0. The summed E-state index contributed by atoms with van der Waals surface area (Å²) < 4.78 is 2.18. The Hall–Kier alpha value is -1.70. The normalized spacial score (nSPS) is 8.93. The van der Waals surface area contributed by atoms with Crippen molar-refractivity contribution in [2.45, 2.75) is 13.5 Å². The zero-order valence-corrected chi connectivity index (χ0v) is 7.96. The number of carbonyl (C=O) groups is 1. The quantitative estimate of drug-likeness (QED) is 0.294. The molecule has 9 heteroatoms. The highest BCUT2D eigenvalue weighted by Gasteiger charge is 2.08. The van der Waals surface area contributed by atoms with Gasteiger partial charge in [0.25, 0.3) is 6.33 Å². The number of nitrogens with zero attached hydrogens (tertiary/aromatic N) is 5. The first-order valence-electron chi connectivity index (χ1n) is 3.37. The van der Waals surface area contributed by atoms with Crippen molar-refractivity contribution >= 4 is 5.78 Å². The minimum atomic E-state index is -0.847. The summed E-state index contributed by atoms with van der Waals surface area (Å²) in [5, 5.41) is 12.7. The number of hydrogen-bond acceptors (Lipinski definition) is 4. The number of carbonyl (C=O) groups excluding carboxylic acids is 1. The number of ketones is 1. The zero-order valence-electron chi connectivity index (χ0n) is 7.20. The van der Waals surface area contributed by atoms with Gasteiger partial charge in [-0.05, 0) is 11.6 Å². The van der Waals surface area contributed by atoms with Gasteiger partial charge in [-0.1, -0.05) is 0 Å². The van der Waals surface area contributed by atoms with Crippen LogP contribution in [0.15, 0.2) is 12.7 Å². The Balaban J connectivity index is 0.00000169. The molecule has 0 aliphatic heterocycles. The Morgan fingerprint density at radius 3 is 2.93 bits per heavy atom. The minimum absolute atomic E-state index is 0. The van der Waals surface area contributed by atoms with E-state index in [1.54, 1.807) is 0 Å². The highest BCUT2D eigenvalue weighted by molar-refractivity contribution is 5.75. The molecule has 1 heterocycles. The van der Waals surface area contributed by atoms with Crippen molar-refractivity contribution in [1.82, 2.24) is 9.78 Å². The minimum Gasteiger partial charge on any atom is -1.00 e. The maximum Gasteiger partial charge on any atom is 0.332 e. The largest absolute Gasteiger partial charge is 1.00 e. The Labute approximate surface area is 85.0 Å². The van der Waals surface area contributed by atoms with Gasteiger partial charge in [-0.3, -0.25) is 10.3 Å². The molecule has 0 aromatic carbocycles. The fourth-order valence-electron chi connectivity index (χ4n) is 0.756. The lowest BCUT2D eigenvalue weighted by Crippen LogP contribution is -3.00. The second-order valence-corrected chi connectivity index (χ2v) is 2.35. The van der Waals surface area contributed by atoms with E-state index in [2.05, 4.69) is 10.6 Å². The first-order chi connectivity index (χ1) is 6.08. The van der Waals surface area contributed by atoms with Crippen LogP contribution < -0.4 is 17.1 Å². The Kier molecular flexibility index (Phi) is 4.50. The summed E-state index contributed by atoms with van der Waals surface area (Å²) in [7, 11) is 0. The van der Waals surface area contributed by atoms with E-state index in [0.717, 1.165) is 11.0 Å². The van der Waals surface area contributed by atoms with E-state index in [4.69, 9.17) is 0 Å². The van der Waals surface area contributed by atoms with Gasteiger partial charge >= 0.3 is 6.33 Å². The average molecular weight is 221 g/mol. The van der Waals surface area contributed by atoms with Crippen LogP contribution in [0, 0.1) is 10.1 Å². The molecule has 0 saturated heterocycles. The molecule has 0 N–H and O–H groups in total. The van der Waals surface area contributed by atoms with E-state index in [0.29, 0.717) is 0 Å². The van der Waals surface area contributed by atoms with E-state index < -0.39 is 5.03 Å². The number of hydrogen-bond donors (Lipinski definition) is 0. The van der Waals surface area contributed by atoms with E-state index in [1.807, 2.05) is 0 Å². The van der Waals surface area contributed by atoms with Crippen LogP contribution in [0.25, 0.3) is 5.53 Å². The smallest absolute Gasteiger partial charge is 0.332 e. The maximum absolute atomic E-state index is 10.6. The molecule has 14 heavy (non-hydrogen) atoms. The molecule has 0 aliphatic carbocycles. The molecular formula is C5H7ClN5O3-. The Morgan fingerprint density at radius 1 is 1.79 bits per heavy atom. The lowest BCUT2D eigenvalue weighted by atomic mass is 10.5. The Morgan fingerprint density at radius 2 is 2.43 bits per heavy atom. The Bertz CT molecular complexity index is 307. The monoisotopic (exact) mass is 220 g/mol. The predicted molar refractivity (Wildman–Crippen MR) is 38.9 cm³/mol. The van der Waals surface area contributed by atoms with Gasteiger partial charge in [0.15, 0.2) is 12.3 Å². The molecule has 0 spiro atoms. The summed E-state index contributed by atoms with van der Waals surface area (Å²) >= 11 is 0. The molecule has 78 valence electrons. The van der Waals surface area contributed by atoms with Gasteiger partial charge in [-0.15, -0.1) is 5.03 Å². The van der Waals surface area contributed by atoms with Crippen LogP contribution in [0.4, 0.5) is 0 Å². The van der Waals surface area contributed by atoms with Gasteiger partial charge in [-0.25, -0.2) is 4.68 Å². The summed E-state index contributed by atoms with van der Waals surface area (Å²) in [4.78, 5) is 20.5. The van der Waals surface area contributed by atoms with Crippen molar-refractivity contribution in [2.75, 3.05) is 0 Å². The third-order valence-electron chi connectivity index (χ3n) is 1.13. The SMILES string of the molecule is CC(=O)Cn1c[n+]([N-][N+](=O)[O-])cn1.[Cl-]. The number of Topliss-reactive ketones (excluding diaryl/α,β-unsaturated/α-hetero) is 1. The van der Waals surface area contributed by atoms with Crippen molar-refractivity contribution < 1.29 is 26.9 Å². The third kappa shape index (κ3) is 3.81. The number of nitro groups is 1. The highest BCUT2D eigenvalue weighted by Crippen LogP contribution is 1.83. The summed E-state index contributed by atoms with van der Waals surface area (Å²) in [5.74, 6) is -0.0867. The first-order valence-corrected chi connectivity index (χ1v) is 3.37. The van der Waals surface area contributed by atoms with Gasteiger partial charge in [0.1, 0.15) is 5.10 Å². The summed E-state index contributed by atoms with van der Waals surface area (Å²) in [6.07, 6.45) is 2.40. The fourth-order valence-corrected chi connectivity index (χ4v) is 0.756. The lowest BCUT2D eigenvalue weighted by Gasteiger charge is -2.07. The molecule has 0 radical (unpaired) electrons. The van der Waals surface area contributed by atoms with E-state index in [1.165, 1.54) is 17.9 Å². The van der Waals surface area contributed by atoms with Crippen LogP contribution in [-0.2, 0) is 11.3 Å². The van der Waals surface area contributed by atoms with Crippen LogP contribution in [0.1, 0.15) is 6.92 Å². The van der Waals surface area contributed by atoms with Crippen molar-refractivity contribution in [3.05, 3.63) is 28.3 Å². The molecule has 8 nitrogen and oxygen atoms in total. The van der Waals surface area contributed by atoms with Crippen molar-refractivity contribution in [3.63, 3.8) is 0 Å². The van der Waals surface area contributed by atoms with Crippen LogP contribution in [-0.4, -0.2) is 20.6 Å². The molecule has 1 rings (SSSR count). The molecule has 0 bridgehead atoms. The molecular weight excluding hydrogens is 214 g/mol. The molecule has 1 aromatic rings. The first kappa shape index (κ1) is 12.3. The number of aromatic nitrogens is 3. The zero-order chi connectivity index (χ0) is 9.84. The van der Waals surface area contributed by atoms with Gasteiger partial charge in [0.2, 0.25) is 0 Å². The molecule has 1 aromatic heterocycles. The number of rotatable bonds is 4. The molecule has 0 amide bonds. The number of halogens is 1. The van der Waals surface area contributed by atoms with Crippen molar-refractivity contribution in [3.8, 4) is 0 Å². The molecule has 0 atom stereocenters. The molecule has 0 aliphatic rings. The van der Waals surface area contributed by atoms with Crippen LogP contribution >= 0.6 is 0 Å². The second kappa shape index (κ2) is 5.12. The van der Waals surface area contributed by atoms with Crippen molar-refractivity contribution in [2.24, 2.45) is 0 Å². The van der Waals surface area contributed by atoms with E-state index in [-0.39, 0.29) is 24.7 Å². The topological polar surface area (TPSA) is 96.0 Å². The summed E-state index contributed by atoms with van der Waals surface area (Å²) in [5.41, 5.74) is 2.93. The molecule has 0 fully saturated rings. The van der Waals surface area contributed by atoms with Gasteiger partial charge in [-0.2, -0.15) is 0 Å². The van der Waals surface area contributed by atoms with E-state index in [9.17, 15) is 14.9 Å². The average Bonchev–Trinajstić information content (AvgIpc) is 2.33. The van der Waals surface area contributed by atoms with Crippen LogP contribution in [0.2, 0.25) is 0 Å². The van der Waals surface area contributed by atoms with Gasteiger partial charge < -0.3 is 22.5 Å². The van der Waals surface area contributed by atoms with Crippen molar-refractivity contribution in [1.29, 1.82) is 0 Å². The standard InChI is InChI=1S/C5H7N5O3.ClH/c1-5(11)2-8-4-9(3-6-8)7-10(12)13;/h3-4H,2H2,1H3;1H/p-1. The van der Waals surface area contributed by atoms with Gasteiger partial charge in [0, 0.05) is 0 Å². The fraction of sp³-hybridized carbons (Fsp3) is 0.400. The third-order valence-corrected chi connectivity index (χ3v) is 1.13. The van der Waals surface area contributed by atoms with Crippen LogP contribution in [0.5, 0.6) is 0 Å². The molecule has 0 saturated carbocycles. The van der Waals surface area contributed by atoms with Gasteiger partial charge in [0.05, 0.1) is 0 Å². The highest BCUT2D eigenvalue weighted by atomic mass is 35.5. The predicted octanol–water partition coefficient (Wildman–Crippen LogP) is -3.91. The second-order valence-electron chi connectivity index (χ2n) is 2.35.